The first kappa shape index (κ1) is 23.5. The molecule has 1 fully saturated rings. The summed E-state index contributed by atoms with van der Waals surface area (Å²) in [4.78, 5) is 50.0. The Morgan fingerprint density at radius 1 is 1.15 bits per heavy atom. The van der Waals surface area contributed by atoms with Crippen molar-refractivity contribution in [3.63, 3.8) is 0 Å². The Hall–Kier alpha value is -3.62. The van der Waals surface area contributed by atoms with E-state index in [-0.39, 0.29) is 49.2 Å². The van der Waals surface area contributed by atoms with Gasteiger partial charge in [-0.1, -0.05) is 50.2 Å². The van der Waals surface area contributed by atoms with Crippen LogP contribution < -0.4 is 10.6 Å². The van der Waals surface area contributed by atoms with Gasteiger partial charge in [-0.2, -0.15) is 8.78 Å². The second-order valence-electron chi connectivity index (χ2n) is 8.93. The van der Waals surface area contributed by atoms with Crippen molar-refractivity contribution in [1.29, 1.82) is 0 Å². The predicted molar refractivity (Wildman–Crippen MR) is 119 cm³/mol. The summed E-state index contributed by atoms with van der Waals surface area (Å²) in [7, 11) is 0. The molecule has 2 N–H and O–H groups in total. The van der Waals surface area contributed by atoms with Crippen molar-refractivity contribution < 1.29 is 28.0 Å². The SMILES string of the molecule is CC(C)c1ccc(C(F)(F)C(=O)NCc2ccc3c(c2)CN(C2CCC(=O)NC2=O)C3=O)cc1. The zero-order chi connectivity index (χ0) is 24.6. The van der Waals surface area contributed by atoms with Crippen molar-refractivity contribution in [3.8, 4) is 0 Å². The third kappa shape index (κ3) is 4.42. The number of imide groups is 1. The molecule has 0 spiro atoms. The maximum absolute atomic E-state index is 14.7. The molecule has 0 radical (unpaired) electrons. The van der Waals surface area contributed by atoms with Gasteiger partial charge in [0.1, 0.15) is 6.04 Å². The average molecular weight is 469 g/mol. The van der Waals surface area contributed by atoms with Crippen LogP contribution in [0.25, 0.3) is 0 Å². The van der Waals surface area contributed by atoms with Crippen molar-refractivity contribution in [2.45, 2.75) is 57.7 Å². The molecule has 178 valence electrons. The van der Waals surface area contributed by atoms with Crippen LogP contribution in [0.3, 0.4) is 0 Å². The fourth-order valence-corrected chi connectivity index (χ4v) is 4.24. The number of carbonyl (C=O) groups excluding carboxylic acids is 4. The zero-order valence-corrected chi connectivity index (χ0v) is 18.9. The number of hydrogen-bond donors (Lipinski definition) is 2. The van der Waals surface area contributed by atoms with Crippen molar-refractivity contribution in [2.24, 2.45) is 0 Å². The second kappa shape index (κ2) is 8.96. The van der Waals surface area contributed by atoms with E-state index in [2.05, 4.69) is 10.6 Å². The number of fused-ring (bicyclic) bond motifs is 1. The molecular formula is C25H25F2N3O4. The van der Waals surface area contributed by atoms with E-state index in [4.69, 9.17) is 0 Å². The number of nitrogens with one attached hydrogen (secondary N) is 2. The Bertz CT molecular complexity index is 1160. The number of rotatable bonds is 6. The standard InChI is InChI=1S/C25H25F2N3O4/c1-14(2)16-4-6-18(7-5-16)25(26,27)24(34)28-12-15-3-8-19-17(11-15)13-30(23(19)33)20-9-10-21(31)29-22(20)32/h3-8,11,14,20H,9-10,12-13H2,1-2H3,(H,28,34)(H,29,31,32). The first-order valence-corrected chi connectivity index (χ1v) is 11.1. The zero-order valence-electron chi connectivity index (χ0n) is 18.9. The summed E-state index contributed by atoms with van der Waals surface area (Å²) in [6.45, 7) is 3.93. The monoisotopic (exact) mass is 469 g/mol. The van der Waals surface area contributed by atoms with Crippen LogP contribution in [0.2, 0.25) is 0 Å². The Morgan fingerprint density at radius 3 is 2.50 bits per heavy atom. The first-order chi connectivity index (χ1) is 16.1. The minimum absolute atomic E-state index is 0.140. The summed E-state index contributed by atoms with van der Waals surface area (Å²) in [6, 6.07) is 9.78. The van der Waals surface area contributed by atoms with Crippen molar-refractivity contribution in [2.75, 3.05) is 0 Å². The van der Waals surface area contributed by atoms with Gasteiger partial charge in [0.25, 0.3) is 11.8 Å². The van der Waals surface area contributed by atoms with Gasteiger partial charge in [-0.05, 0) is 35.1 Å². The Morgan fingerprint density at radius 2 is 1.85 bits per heavy atom. The number of halogens is 2. The molecular weight excluding hydrogens is 444 g/mol. The maximum Gasteiger partial charge on any atom is 0.349 e. The highest BCUT2D eigenvalue weighted by atomic mass is 19.3. The lowest BCUT2D eigenvalue weighted by Crippen LogP contribution is -2.52. The van der Waals surface area contributed by atoms with Gasteiger partial charge in [0.05, 0.1) is 0 Å². The number of amides is 4. The van der Waals surface area contributed by atoms with Gasteiger partial charge >= 0.3 is 5.92 Å². The lowest BCUT2D eigenvalue weighted by Gasteiger charge is -2.29. The highest BCUT2D eigenvalue weighted by molar-refractivity contribution is 6.05. The highest BCUT2D eigenvalue weighted by Crippen LogP contribution is 2.31. The summed E-state index contributed by atoms with van der Waals surface area (Å²) in [6.07, 6.45) is 0.406. The van der Waals surface area contributed by atoms with E-state index < -0.39 is 23.8 Å². The number of benzene rings is 2. The topological polar surface area (TPSA) is 95.6 Å². The molecule has 2 heterocycles. The normalized spacial score (nSPS) is 18.2. The largest absolute Gasteiger partial charge is 0.349 e. The van der Waals surface area contributed by atoms with Crippen LogP contribution in [0, 0.1) is 0 Å². The van der Waals surface area contributed by atoms with Crippen LogP contribution in [0.5, 0.6) is 0 Å². The van der Waals surface area contributed by atoms with E-state index in [1.807, 2.05) is 13.8 Å². The van der Waals surface area contributed by atoms with Crippen molar-refractivity contribution in [1.82, 2.24) is 15.5 Å². The predicted octanol–water partition coefficient (Wildman–Crippen LogP) is 2.98. The van der Waals surface area contributed by atoms with Crippen LogP contribution >= 0.6 is 0 Å². The van der Waals surface area contributed by atoms with E-state index in [9.17, 15) is 28.0 Å². The molecule has 9 heteroatoms. The Balaban J connectivity index is 1.42. The minimum Gasteiger partial charge on any atom is -0.346 e. The van der Waals surface area contributed by atoms with Gasteiger partial charge in [-0.3, -0.25) is 24.5 Å². The quantitative estimate of drug-likeness (QED) is 0.636. The number of piperidine rings is 1. The van der Waals surface area contributed by atoms with Crippen LogP contribution in [0.1, 0.15) is 65.2 Å². The molecule has 1 atom stereocenters. The summed E-state index contributed by atoms with van der Waals surface area (Å²) >= 11 is 0. The van der Waals surface area contributed by atoms with Crippen molar-refractivity contribution in [3.05, 3.63) is 70.3 Å². The molecule has 2 aliphatic rings. The summed E-state index contributed by atoms with van der Waals surface area (Å²) < 4.78 is 29.3. The highest BCUT2D eigenvalue weighted by Gasteiger charge is 2.41. The summed E-state index contributed by atoms with van der Waals surface area (Å²) in [5.41, 5.74) is 2.12. The Labute approximate surface area is 195 Å². The molecule has 1 saturated heterocycles. The molecule has 1 unspecified atom stereocenters. The van der Waals surface area contributed by atoms with Crippen LogP contribution in [-0.2, 0) is 33.4 Å². The maximum atomic E-state index is 14.7. The van der Waals surface area contributed by atoms with Crippen LogP contribution in [-0.4, -0.2) is 34.6 Å². The number of nitrogens with zero attached hydrogens (tertiary/aromatic N) is 1. The molecule has 0 aliphatic carbocycles. The van der Waals surface area contributed by atoms with E-state index in [1.54, 1.807) is 30.3 Å². The third-order valence-corrected chi connectivity index (χ3v) is 6.27. The molecule has 4 amide bonds. The van der Waals surface area contributed by atoms with Crippen molar-refractivity contribution >= 4 is 23.6 Å². The molecule has 4 rings (SSSR count). The molecule has 2 aliphatic heterocycles. The van der Waals surface area contributed by atoms with E-state index in [0.29, 0.717) is 16.7 Å². The molecule has 7 nitrogen and oxygen atoms in total. The molecule has 0 aromatic heterocycles. The smallest absolute Gasteiger partial charge is 0.346 e. The van der Waals surface area contributed by atoms with E-state index >= 15 is 0 Å². The van der Waals surface area contributed by atoms with Gasteiger partial charge in [-0.25, -0.2) is 0 Å². The van der Waals surface area contributed by atoms with Crippen LogP contribution in [0.4, 0.5) is 8.78 Å². The number of hydrogen-bond acceptors (Lipinski definition) is 4. The molecule has 0 bridgehead atoms. The van der Waals surface area contributed by atoms with Gasteiger partial charge in [0, 0.05) is 30.6 Å². The lowest BCUT2D eigenvalue weighted by molar-refractivity contribution is -0.147. The molecule has 0 saturated carbocycles. The second-order valence-corrected chi connectivity index (χ2v) is 8.93. The van der Waals surface area contributed by atoms with Gasteiger partial charge in [0.15, 0.2) is 0 Å². The third-order valence-electron chi connectivity index (χ3n) is 6.27. The summed E-state index contributed by atoms with van der Waals surface area (Å²) in [5, 5.41) is 4.52. The van der Waals surface area contributed by atoms with Gasteiger partial charge < -0.3 is 10.2 Å². The fourth-order valence-electron chi connectivity index (χ4n) is 4.24. The fraction of sp³-hybridized carbons (Fsp3) is 0.360. The van der Waals surface area contributed by atoms with E-state index in [1.165, 1.54) is 17.0 Å². The Kier molecular flexibility index (Phi) is 6.20. The van der Waals surface area contributed by atoms with E-state index in [0.717, 1.165) is 5.56 Å². The summed E-state index contributed by atoms with van der Waals surface area (Å²) in [5.74, 6) is -6.10. The lowest BCUT2D eigenvalue weighted by atomic mass is 9.99. The number of carbonyl (C=O) groups is 4. The van der Waals surface area contributed by atoms with Gasteiger partial charge in [-0.15, -0.1) is 0 Å². The van der Waals surface area contributed by atoms with Crippen LogP contribution in [0.15, 0.2) is 42.5 Å². The van der Waals surface area contributed by atoms with Gasteiger partial charge in [0.2, 0.25) is 11.8 Å². The molecule has 2 aromatic carbocycles. The molecule has 34 heavy (non-hydrogen) atoms. The first-order valence-electron chi connectivity index (χ1n) is 11.1. The minimum atomic E-state index is -3.69. The average Bonchev–Trinajstić information content (AvgIpc) is 3.13. The molecule has 2 aromatic rings. The number of alkyl halides is 2.